The number of rotatable bonds is 5. The molecular weight excluding hydrogens is 212 g/mol. The van der Waals surface area contributed by atoms with Crippen molar-refractivity contribution in [3.8, 4) is 5.75 Å². The molecule has 0 aliphatic rings. The van der Waals surface area contributed by atoms with E-state index in [1.165, 1.54) is 7.05 Å². The van der Waals surface area contributed by atoms with E-state index in [4.69, 9.17) is 9.99 Å². The van der Waals surface area contributed by atoms with Crippen LogP contribution in [0.4, 0.5) is 4.79 Å². The summed E-state index contributed by atoms with van der Waals surface area (Å²) < 4.78 is 5.24. The van der Waals surface area contributed by atoms with Gasteiger partial charge in [-0.1, -0.05) is 12.1 Å². The van der Waals surface area contributed by atoms with Crippen molar-refractivity contribution in [1.29, 1.82) is 0 Å². The summed E-state index contributed by atoms with van der Waals surface area (Å²) in [7, 11) is 1.53. The number of benzene rings is 1. The topological polar surface area (TPSA) is 79.8 Å². The molecule has 0 spiro atoms. The lowest BCUT2D eigenvalue weighted by Crippen LogP contribution is -2.35. The first-order chi connectivity index (χ1) is 7.76. The van der Waals surface area contributed by atoms with Gasteiger partial charge in [0.15, 0.2) is 6.73 Å². The molecule has 0 bridgehead atoms. The summed E-state index contributed by atoms with van der Waals surface area (Å²) in [6.45, 7) is 0.228. The number of hydrogen-bond acceptors (Lipinski definition) is 4. The van der Waals surface area contributed by atoms with Crippen LogP contribution in [0.2, 0.25) is 0 Å². The van der Waals surface area contributed by atoms with Crippen molar-refractivity contribution in [3.05, 3.63) is 29.8 Å². The number of ether oxygens (including phenoxy) is 1. The van der Waals surface area contributed by atoms with Gasteiger partial charge in [-0.25, -0.2) is 9.68 Å². The Balaban J connectivity index is 2.34. The Morgan fingerprint density at radius 2 is 2.06 bits per heavy atom. The summed E-state index contributed by atoms with van der Waals surface area (Å²) in [5.41, 5.74) is 0.828. The highest BCUT2D eigenvalue weighted by atomic mass is 17.1. The van der Waals surface area contributed by atoms with E-state index in [0.717, 1.165) is 5.56 Å². The molecule has 1 aromatic carbocycles. The van der Waals surface area contributed by atoms with Crippen LogP contribution in [-0.2, 0) is 11.5 Å². The van der Waals surface area contributed by atoms with Crippen LogP contribution in [0.3, 0.4) is 0 Å². The molecule has 1 aromatic rings. The van der Waals surface area contributed by atoms with E-state index in [0.29, 0.717) is 5.75 Å². The van der Waals surface area contributed by atoms with Crippen molar-refractivity contribution in [3.63, 3.8) is 0 Å². The summed E-state index contributed by atoms with van der Waals surface area (Å²) in [5.74, 6) is 0.623. The molecule has 6 heteroatoms. The quantitative estimate of drug-likeness (QED) is 0.396. The molecule has 0 fully saturated rings. The Labute approximate surface area is 93.1 Å². The highest BCUT2D eigenvalue weighted by Gasteiger charge is 1.97. The molecule has 0 saturated heterocycles. The predicted octanol–water partition coefficient (Wildman–Crippen LogP) is 0.941. The Kier molecular flexibility index (Phi) is 5.10. The molecular formula is C10H14N2O4. The van der Waals surface area contributed by atoms with E-state index in [-0.39, 0.29) is 19.4 Å². The van der Waals surface area contributed by atoms with Gasteiger partial charge < -0.3 is 15.4 Å². The van der Waals surface area contributed by atoms with Crippen LogP contribution < -0.4 is 15.4 Å². The van der Waals surface area contributed by atoms with E-state index in [1.807, 2.05) is 0 Å². The molecule has 0 saturated carbocycles. The van der Waals surface area contributed by atoms with Crippen molar-refractivity contribution in [2.75, 3.05) is 13.8 Å². The van der Waals surface area contributed by atoms with Crippen LogP contribution in [0.15, 0.2) is 24.3 Å². The van der Waals surface area contributed by atoms with Crippen LogP contribution in [0, 0.1) is 0 Å². The zero-order valence-electron chi connectivity index (χ0n) is 8.90. The molecule has 0 radical (unpaired) electrons. The van der Waals surface area contributed by atoms with Crippen molar-refractivity contribution in [2.45, 2.75) is 6.61 Å². The molecule has 88 valence electrons. The fourth-order valence-corrected chi connectivity index (χ4v) is 1.03. The smallest absolute Gasteiger partial charge is 0.317 e. The largest absolute Gasteiger partial charge is 0.473 e. The fraction of sp³-hybridized carbons (Fsp3) is 0.300. The third-order valence-electron chi connectivity index (χ3n) is 1.85. The van der Waals surface area contributed by atoms with E-state index in [1.54, 1.807) is 24.3 Å². The van der Waals surface area contributed by atoms with Crippen LogP contribution in [0.1, 0.15) is 5.56 Å². The second kappa shape index (κ2) is 6.65. The Bertz CT molecular complexity index is 326. The van der Waals surface area contributed by atoms with E-state index in [9.17, 15) is 4.79 Å². The molecule has 6 nitrogen and oxygen atoms in total. The Morgan fingerprint density at radius 1 is 1.38 bits per heavy atom. The summed E-state index contributed by atoms with van der Waals surface area (Å²) in [6, 6.07) is 6.65. The van der Waals surface area contributed by atoms with Crippen molar-refractivity contribution in [1.82, 2.24) is 10.6 Å². The van der Waals surface area contributed by atoms with Gasteiger partial charge in [-0.2, -0.15) is 0 Å². The standard InChI is InChI=1S/C10H14N2O4/c1-11-10(13)12-7-15-9-4-2-8(3-5-9)6-16-14/h2-5,14H,6-7H2,1H3,(H2,11,12,13). The summed E-state index contributed by atoms with van der Waals surface area (Å²) >= 11 is 0. The minimum Gasteiger partial charge on any atom is -0.473 e. The number of carbonyl (C=O) groups excluding carboxylic acids is 1. The Morgan fingerprint density at radius 3 is 2.62 bits per heavy atom. The molecule has 3 N–H and O–H groups in total. The summed E-state index contributed by atoms with van der Waals surface area (Å²) in [4.78, 5) is 14.8. The number of nitrogens with one attached hydrogen (secondary N) is 2. The molecule has 0 unspecified atom stereocenters. The highest BCUT2D eigenvalue weighted by Crippen LogP contribution is 2.12. The average Bonchev–Trinajstić information content (AvgIpc) is 2.31. The Hall–Kier alpha value is -1.79. The van der Waals surface area contributed by atoms with Crippen LogP contribution in [0.5, 0.6) is 5.75 Å². The van der Waals surface area contributed by atoms with Gasteiger partial charge >= 0.3 is 6.03 Å². The van der Waals surface area contributed by atoms with Crippen LogP contribution in [-0.4, -0.2) is 25.1 Å². The number of hydrogen-bond donors (Lipinski definition) is 3. The fourth-order valence-electron chi connectivity index (χ4n) is 1.03. The molecule has 0 aliphatic carbocycles. The average molecular weight is 226 g/mol. The third kappa shape index (κ3) is 4.16. The first-order valence-corrected chi connectivity index (χ1v) is 4.70. The van der Waals surface area contributed by atoms with Crippen LogP contribution in [0.25, 0.3) is 0 Å². The van der Waals surface area contributed by atoms with E-state index >= 15 is 0 Å². The van der Waals surface area contributed by atoms with Gasteiger partial charge in [-0.05, 0) is 17.7 Å². The molecule has 2 amide bonds. The maximum Gasteiger partial charge on any atom is 0.317 e. The van der Waals surface area contributed by atoms with Gasteiger partial charge in [-0.15, -0.1) is 0 Å². The van der Waals surface area contributed by atoms with Gasteiger partial charge in [0.05, 0.1) is 0 Å². The number of amides is 2. The normalized spacial score (nSPS) is 9.62. The molecule has 0 aliphatic heterocycles. The zero-order valence-corrected chi connectivity index (χ0v) is 8.90. The van der Waals surface area contributed by atoms with Crippen molar-refractivity contribution < 1.29 is 19.7 Å². The molecule has 1 rings (SSSR count). The summed E-state index contributed by atoms with van der Waals surface area (Å²) in [5, 5.41) is 13.1. The monoisotopic (exact) mass is 226 g/mol. The van der Waals surface area contributed by atoms with Crippen molar-refractivity contribution >= 4 is 6.03 Å². The van der Waals surface area contributed by atoms with Gasteiger partial charge in [0.1, 0.15) is 12.4 Å². The summed E-state index contributed by atoms with van der Waals surface area (Å²) in [6.07, 6.45) is 0. The lowest BCUT2D eigenvalue weighted by molar-refractivity contribution is -0.253. The maximum atomic E-state index is 10.8. The van der Waals surface area contributed by atoms with Gasteiger partial charge in [0, 0.05) is 7.05 Å². The predicted molar refractivity (Wildman–Crippen MR) is 56.9 cm³/mol. The third-order valence-corrected chi connectivity index (χ3v) is 1.85. The molecule has 0 heterocycles. The van der Waals surface area contributed by atoms with Gasteiger partial charge in [0.2, 0.25) is 0 Å². The van der Waals surface area contributed by atoms with E-state index < -0.39 is 0 Å². The minimum atomic E-state index is -0.301. The van der Waals surface area contributed by atoms with Gasteiger partial charge in [-0.3, -0.25) is 5.26 Å². The minimum absolute atomic E-state index is 0.0928. The molecule has 16 heavy (non-hydrogen) atoms. The molecule has 0 atom stereocenters. The SMILES string of the molecule is CNC(=O)NCOc1ccc(COO)cc1. The second-order valence-electron chi connectivity index (χ2n) is 2.96. The van der Waals surface area contributed by atoms with Crippen molar-refractivity contribution in [2.24, 2.45) is 0 Å². The number of urea groups is 1. The lowest BCUT2D eigenvalue weighted by atomic mass is 10.2. The lowest BCUT2D eigenvalue weighted by Gasteiger charge is -2.07. The molecule has 0 aromatic heterocycles. The number of carbonyl (C=O) groups is 1. The zero-order chi connectivity index (χ0) is 11.8. The highest BCUT2D eigenvalue weighted by molar-refractivity contribution is 5.73. The van der Waals surface area contributed by atoms with Gasteiger partial charge in [0.25, 0.3) is 0 Å². The first-order valence-electron chi connectivity index (χ1n) is 4.70. The second-order valence-corrected chi connectivity index (χ2v) is 2.96. The van der Waals surface area contributed by atoms with Crippen LogP contribution >= 0.6 is 0 Å². The maximum absolute atomic E-state index is 10.8. The first kappa shape index (κ1) is 12.3. The van der Waals surface area contributed by atoms with E-state index in [2.05, 4.69) is 15.5 Å².